The molecule has 1 aromatic carbocycles. The van der Waals surface area contributed by atoms with Crippen molar-refractivity contribution in [3.8, 4) is 5.75 Å². The van der Waals surface area contributed by atoms with E-state index in [0.29, 0.717) is 35.6 Å². The van der Waals surface area contributed by atoms with Gasteiger partial charge in [0, 0.05) is 6.42 Å². The third-order valence-corrected chi connectivity index (χ3v) is 5.12. The summed E-state index contributed by atoms with van der Waals surface area (Å²) in [6, 6.07) is 7.43. The van der Waals surface area contributed by atoms with Gasteiger partial charge < -0.3 is 15.4 Å². The van der Waals surface area contributed by atoms with Crippen LogP contribution in [-0.2, 0) is 4.79 Å². The summed E-state index contributed by atoms with van der Waals surface area (Å²) in [5.41, 5.74) is 0. The quantitative estimate of drug-likeness (QED) is 0.705. The Morgan fingerprint density at radius 2 is 2.04 bits per heavy atom. The predicted molar refractivity (Wildman–Crippen MR) is 106 cm³/mol. The zero-order valence-corrected chi connectivity index (χ0v) is 16.7. The Morgan fingerprint density at radius 1 is 1.36 bits per heavy atom. The molecule has 2 atom stereocenters. The maximum Gasteiger partial charge on any atom is 0.220 e. The molecule has 0 bridgehead atoms. The van der Waals surface area contributed by atoms with Gasteiger partial charge in [0.25, 0.3) is 0 Å². The standard InChI is InChI=1S/C19H29ClN2O2.ClH/c1-3-16(24-18-7-5-4-6-17(18)20)13-22-19(23)12-14(2)15-8-10-21-11-9-15;/h4-7,14-16,21H,3,8-13H2,1-2H3,(H,22,23);1H. The summed E-state index contributed by atoms with van der Waals surface area (Å²) in [4.78, 5) is 12.2. The number of piperidine rings is 1. The van der Waals surface area contributed by atoms with Gasteiger partial charge in [-0.25, -0.2) is 0 Å². The van der Waals surface area contributed by atoms with E-state index in [1.165, 1.54) is 12.8 Å². The van der Waals surface area contributed by atoms with Crippen LogP contribution in [0.4, 0.5) is 0 Å². The monoisotopic (exact) mass is 388 g/mol. The molecule has 1 aromatic rings. The van der Waals surface area contributed by atoms with Crippen LogP contribution >= 0.6 is 24.0 Å². The summed E-state index contributed by atoms with van der Waals surface area (Å²) in [5.74, 6) is 1.86. The molecule has 6 heteroatoms. The van der Waals surface area contributed by atoms with Crippen LogP contribution in [0.15, 0.2) is 24.3 Å². The number of amides is 1. The molecular weight excluding hydrogens is 359 g/mol. The maximum absolute atomic E-state index is 12.2. The number of rotatable bonds is 8. The van der Waals surface area contributed by atoms with Crippen molar-refractivity contribution < 1.29 is 9.53 Å². The molecular formula is C19H30Cl2N2O2. The first kappa shape index (κ1) is 22.1. The number of hydrogen-bond donors (Lipinski definition) is 2. The highest BCUT2D eigenvalue weighted by Gasteiger charge is 2.22. The van der Waals surface area contributed by atoms with E-state index in [0.717, 1.165) is 19.5 Å². The second kappa shape index (κ2) is 11.6. The first-order chi connectivity index (χ1) is 11.6. The normalized spacial score (nSPS) is 17.2. The molecule has 25 heavy (non-hydrogen) atoms. The van der Waals surface area contributed by atoms with Gasteiger partial charge in [-0.3, -0.25) is 4.79 Å². The lowest BCUT2D eigenvalue weighted by Gasteiger charge is -2.28. The molecule has 0 aliphatic carbocycles. The second-order valence-corrected chi connectivity index (χ2v) is 7.06. The molecule has 0 spiro atoms. The Hall–Kier alpha value is -0.970. The van der Waals surface area contributed by atoms with Crippen molar-refractivity contribution in [3.05, 3.63) is 29.3 Å². The Labute approximate surface area is 162 Å². The molecule has 1 aliphatic rings. The molecule has 0 aromatic heterocycles. The molecule has 0 radical (unpaired) electrons. The van der Waals surface area contributed by atoms with Crippen LogP contribution < -0.4 is 15.4 Å². The lowest BCUT2D eigenvalue weighted by molar-refractivity contribution is -0.122. The van der Waals surface area contributed by atoms with Gasteiger partial charge in [0.1, 0.15) is 11.9 Å². The van der Waals surface area contributed by atoms with Crippen molar-refractivity contribution in [2.24, 2.45) is 11.8 Å². The van der Waals surface area contributed by atoms with Gasteiger partial charge in [0.15, 0.2) is 0 Å². The number of para-hydroxylation sites is 1. The van der Waals surface area contributed by atoms with Crippen molar-refractivity contribution >= 4 is 29.9 Å². The number of hydrogen-bond acceptors (Lipinski definition) is 3. The minimum absolute atomic E-state index is 0. The van der Waals surface area contributed by atoms with Crippen LogP contribution in [0.25, 0.3) is 0 Å². The smallest absolute Gasteiger partial charge is 0.220 e. The maximum atomic E-state index is 12.2. The molecule has 1 aliphatic heterocycles. The number of nitrogens with one attached hydrogen (secondary N) is 2. The summed E-state index contributed by atoms with van der Waals surface area (Å²) < 4.78 is 5.91. The number of carbonyl (C=O) groups excluding carboxylic acids is 1. The van der Waals surface area contributed by atoms with Crippen LogP contribution in [0.1, 0.15) is 39.5 Å². The van der Waals surface area contributed by atoms with Crippen LogP contribution in [0.2, 0.25) is 5.02 Å². The zero-order valence-electron chi connectivity index (χ0n) is 15.1. The predicted octanol–water partition coefficient (Wildman–Crippen LogP) is 4.06. The van der Waals surface area contributed by atoms with Crippen molar-refractivity contribution in [2.75, 3.05) is 19.6 Å². The number of halogens is 2. The highest BCUT2D eigenvalue weighted by molar-refractivity contribution is 6.32. The fourth-order valence-electron chi connectivity index (χ4n) is 3.16. The van der Waals surface area contributed by atoms with E-state index in [9.17, 15) is 4.79 Å². The Bertz CT molecular complexity index is 522. The van der Waals surface area contributed by atoms with Crippen LogP contribution in [-0.4, -0.2) is 31.6 Å². The summed E-state index contributed by atoms with van der Waals surface area (Å²) in [6.07, 6.45) is 3.68. The molecule has 0 saturated carbocycles. The molecule has 1 heterocycles. The van der Waals surface area contributed by atoms with E-state index in [-0.39, 0.29) is 24.4 Å². The van der Waals surface area contributed by atoms with E-state index in [1.54, 1.807) is 0 Å². The van der Waals surface area contributed by atoms with Gasteiger partial charge in [-0.2, -0.15) is 0 Å². The van der Waals surface area contributed by atoms with Crippen molar-refractivity contribution in [1.82, 2.24) is 10.6 Å². The molecule has 142 valence electrons. The van der Waals surface area contributed by atoms with Crippen molar-refractivity contribution in [3.63, 3.8) is 0 Å². The lowest BCUT2D eigenvalue weighted by atomic mass is 9.84. The Balaban J connectivity index is 0.00000312. The van der Waals surface area contributed by atoms with Crippen LogP contribution in [0.3, 0.4) is 0 Å². The number of carbonyl (C=O) groups is 1. The lowest BCUT2D eigenvalue weighted by Crippen LogP contribution is -2.37. The third-order valence-electron chi connectivity index (χ3n) is 4.81. The van der Waals surface area contributed by atoms with E-state index in [1.807, 2.05) is 31.2 Å². The molecule has 1 saturated heterocycles. The van der Waals surface area contributed by atoms with Crippen LogP contribution in [0.5, 0.6) is 5.75 Å². The van der Waals surface area contributed by atoms with Gasteiger partial charge in [-0.1, -0.05) is 37.6 Å². The highest BCUT2D eigenvalue weighted by Crippen LogP contribution is 2.25. The molecule has 2 rings (SSSR count). The van der Waals surface area contributed by atoms with Gasteiger partial charge in [0.05, 0.1) is 11.6 Å². The minimum Gasteiger partial charge on any atom is -0.487 e. The van der Waals surface area contributed by atoms with Crippen molar-refractivity contribution in [1.29, 1.82) is 0 Å². The van der Waals surface area contributed by atoms with E-state index < -0.39 is 0 Å². The zero-order chi connectivity index (χ0) is 17.4. The summed E-state index contributed by atoms with van der Waals surface area (Å²) in [5, 5.41) is 6.99. The minimum atomic E-state index is -0.0666. The molecule has 2 unspecified atom stereocenters. The Morgan fingerprint density at radius 3 is 2.68 bits per heavy atom. The molecule has 1 amide bonds. The molecule has 2 N–H and O–H groups in total. The van der Waals surface area contributed by atoms with E-state index in [4.69, 9.17) is 16.3 Å². The first-order valence-electron chi connectivity index (χ1n) is 8.98. The van der Waals surface area contributed by atoms with Gasteiger partial charge >= 0.3 is 0 Å². The fraction of sp³-hybridized carbons (Fsp3) is 0.632. The average molecular weight is 389 g/mol. The highest BCUT2D eigenvalue weighted by atomic mass is 35.5. The molecule has 4 nitrogen and oxygen atoms in total. The first-order valence-corrected chi connectivity index (χ1v) is 9.36. The fourth-order valence-corrected chi connectivity index (χ4v) is 3.34. The molecule has 1 fully saturated rings. The SMILES string of the molecule is CCC(CNC(=O)CC(C)C1CCNCC1)Oc1ccccc1Cl.Cl. The summed E-state index contributed by atoms with van der Waals surface area (Å²) in [6.45, 7) is 6.89. The third kappa shape index (κ3) is 7.43. The topological polar surface area (TPSA) is 50.4 Å². The van der Waals surface area contributed by atoms with E-state index >= 15 is 0 Å². The second-order valence-electron chi connectivity index (χ2n) is 6.65. The van der Waals surface area contributed by atoms with Crippen LogP contribution in [0, 0.1) is 11.8 Å². The van der Waals surface area contributed by atoms with E-state index in [2.05, 4.69) is 17.6 Å². The van der Waals surface area contributed by atoms with Gasteiger partial charge in [-0.05, 0) is 56.3 Å². The van der Waals surface area contributed by atoms with Crippen molar-refractivity contribution in [2.45, 2.75) is 45.6 Å². The summed E-state index contributed by atoms with van der Waals surface area (Å²) >= 11 is 6.13. The number of benzene rings is 1. The summed E-state index contributed by atoms with van der Waals surface area (Å²) in [7, 11) is 0. The average Bonchev–Trinajstić information content (AvgIpc) is 2.60. The largest absolute Gasteiger partial charge is 0.487 e. The van der Waals surface area contributed by atoms with Gasteiger partial charge in [0.2, 0.25) is 5.91 Å². The van der Waals surface area contributed by atoms with Gasteiger partial charge in [-0.15, -0.1) is 12.4 Å². The Kier molecular flexibility index (Phi) is 10.2. The number of ether oxygens (including phenoxy) is 1.